The first-order chi connectivity index (χ1) is 7.97. The largest absolute Gasteiger partial charge is 0.468 e. The number of rotatable bonds is 4. The van der Waals surface area contributed by atoms with Crippen molar-refractivity contribution in [3.05, 3.63) is 24.2 Å². The summed E-state index contributed by atoms with van der Waals surface area (Å²) < 4.78 is 28.5. The summed E-state index contributed by atoms with van der Waals surface area (Å²) in [6.07, 6.45) is 2.22. The summed E-state index contributed by atoms with van der Waals surface area (Å²) in [5, 5.41) is 0. The molecule has 0 aliphatic carbocycles. The molecule has 0 radical (unpaired) electrons. The van der Waals surface area contributed by atoms with E-state index < -0.39 is 15.4 Å². The second kappa shape index (κ2) is 4.44. The topological polar surface area (TPSA) is 76.5 Å². The molecule has 96 valence electrons. The van der Waals surface area contributed by atoms with Crippen LogP contribution in [0.4, 0.5) is 0 Å². The second-order valence-corrected chi connectivity index (χ2v) is 6.89. The molecule has 0 saturated carbocycles. The minimum atomic E-state index is -2.94. The van der Waals surface area contributed by atoms with Crippen molar-refractivity contribution < 1.29 is 12.8 Å². The van der Waals surface area contributed by atoms with Crippen molar-refractivity contribution >= 4 is 9.84 Å². The Bertz CT molecular complexity index is 469. The molecule has 1 aliphatic heterocycles. The molecular weight excluding hydrogens is 240 g/mol. The molecule has 1 saturated heterocycles. The van der Waals surface area contributed by atoms with Crippen molar-refractivity contribution in [1.29, 1.82) is 0 Å². The third-order valence-electron chi connectivity index (χ3n) is 3.53. The van der Waals surface area contributed by atoms with Crippen LogP contribution >= 0.6 is 0 Å². The van der Waals surface area contributed by atoms with Gasteiger partial charge in [-0.2, -0.15) is 0 Å². The van der Waals surface area contributed by atoms with E-state index in [1.54, 1.807) is 6.26 Å². The Morgan fingerprint density at radius 1 is 1.59 bits per heavy atom. The zero-order chi connectivity index (χ0) is 12.5. The summed E-state index contributed by atoms with van der Waals surface area (Å²) in [4.78, 5) is 2.00. The standard InChI is InChI=1S/C11H18N2O3S/c1-13(7-10-3-2-5-16-10)11(8-12)4-6-17(14,15)9-11/h2-3,5H,4,6-9,12H2,1H3. The number of nitrogens with zero attached hydrogens (tertiary/aromatic N) is 1. The summed E-state index contributed by atoms with van der Waals surface area (Å²) in [6, 6.07) is 3.70. The molecule has 1 fully saturated rings. The van der Waals surface area contributed by atoms with Gasteiger partial charge in [-0.25, -0.2) is 8.42 Å². The Balaban J connectivity index is 2.13. The quantitative estimate of drug-likeness (QED) is 0.836. The van der Waals surface area contributed by atoms with Crippen molar-refractivity contribution in [3.8, 4) is 0 Å². The van der Waals surface area contributed by atoms with E-state index in [0.717, 1.165) is 5.76 Å². The third kappa shape index (κ3) is 2.53. The van der Waals surface area contributed by atoms with Gasteiger partial charge >= 0.3 is 0 Å². The first kappa shape index (κ1) is 12.6. The number of hydrogen-bond donors (Lipinski definition) is 1. The molecule has 0 amide bonds. The normalized spacial score (nSPS) is 27.7. The highest BCUT2D eigenvalue weighted by atomic mass is 32.2. The number of hydrogen-bond acceptors (Lipinski definition) is 5. The number of sulfone groups is 1. The molecule has 5 nitrogen and oxygen atoms in total. The average Bonchev–Trinajstić information content (AvgIpc) is 2.86. The number of nitrogens with two attached hydrogens (primary N) is 1. The van der Waals surface area contributed by atoms with Gasteiger partial charge in [0.05, 0.1) is 24.3 Å². The Morgan fingerprint density at radius 3 is 2.82 bits per heavy atom. The SMILES string of the molecule is CN(Cc1ccco1)C1(CN)CCS(=O)(=O)C1. The highest BCUT2D eigenvalue weighted by Gasteiger charge is 2.44. The lowest BCUT2D eigenvalue weighted by atomic mass is 9.97. The smallest absolute Gasteiger partial charge is 0.152 e. The Labute approximate surface area is 101 Å². The van der Waals surface area contributed by atoms with Gasteiger partial charge < -0.3 is 10.2 Å². The van der Waals surface area contributed by atoms with Crippen molar-refractivity contribution in [2.75, 3.05) is 25.1 Å². The Hall–Kier alpha value is -0.850. The van der Waals surface area contributed by atoms with Gasteiger partial charge in [0.25, 0.3) is 0 Å². The van der Waals surface area contributed by atoms with Crippen LogP contribution in [0.5, 0.6) is 0 Å². The molecule has 2 rings (SSSR count). The average molecular weight is 258 g/mol. The van der Waals surface area contributed by atoms with Crippen LogP contribution in [-0.2, 0) is 16.4 Å². The lowest BCUT2D eigenvalue weighted by molar-refractivity contribution is 0.133. The van der Waals surface area contributed by atoms with E-state index in [1.807, 2.05) is 24.1 Å². The van der Waals surface area contributed by atoms with Crippen LogP contribution in [0.25, 0.3) is 0 Å². The van der Waals surface area contributed by atoms with Gasteiger partial charge in [-0.05, 0) is 25.6 Å². The fourth-order valence-electron chi connectivity index (χ4n) is 2.32. The predicted octanol–water partition coefficient (Wildman–Crippen LogP) is 0.227. The van der Waals surface area contributed by atoms with Crippen molar-refractivity contribution in [1.82, 2.24) is 4.90 Å². The van der Waals surface area contributed by atoms with Gasteiger partial charge in [0.2, 0.25) is 0 Å². The van der Waals surface area contributed by atoms with Gasteiger partial charge in [-0.1, -0.05) is 0 Å². The first-order valence-corrected chi connectivity index (χ1v) is 7.44. The van der Waals surface area contributed by atoms with Gasteiger partial charge in [-0.3, -0.25) is 4.90 Å². The van der Waals surface area contributed by atoms with E-state index in [2.05, 4.69) is 0 Å². The molecule has 1 atom stereocenters. The summed E-state index contributed by atoms with van der Waals surface area (Å²) in [5.41, 5.74) is 5.34. The molecule has 17 heavy (non-hydrogen) atoms. The Kier molecular flexibility index (Phi) is 3.29. The molecule has 2 N–H and O–H groups in total. The third-order valence-corrected chi connectivity index (χ3v) is 5.33. The maximum Gasteiger partial charge on any atom is 0.152 e. The Morgan fingerprint density at radius 2 is 2.35 bits per heavy atom. The molecule has 1 aromatic heterocycles. The van der Waals surface area contributed by atoms with Gasteiger partial charge in [0.15, 0.2) is 9.84 Å². The molecule has 0 bridgehead atoms. The van der Waals surface area contributed by atoms with Crippen molar-refractivity contribution in [3.63, 3.8) is 0 Å². The van der Waals surface area contributed by atoms with E-state index >= 15 is 0 Å². The molecule has 1 unspecified atom stereocenters. The summed E-state index contributed by atoms with van der Waals surface area (Å²) in [6.45, 7) is 0.934. The van der Waals surface area contributed by atoms with E-state index in [-0.39, 0.29) is 11.5 Å². The highest BCUT2D eigenvalue weighted by molar-refractivity contribution is 7.91. The van der Waals surface area contributed by atoms with E-state index in [1.165, 1.54) is 0 Å². The molecule has 6 heteroatoms. The fourth-order valence-corrected chi connectivity index (χ4v) is 4.46. The summed E-state index contributed by atoms with van der Waals surface area (Å²) >= 11 is 0. The van der Waals surface area contributed by atoms with Crippen molar-refractivity contribution in [2.24, 2.45) is 5.73 Å². The molecule has 2 heterocycles. The lowest BCUT2D eigenvalue weighted by Crippen LogP contribution is -2.52. The van der Waals surface area contributed by atoms with Crippen LogP contribution in [0.15, 0.2) is 22.8 Å². The van der Waals surface area contributed by atoms with E-state index in [4.69, 9.17) is 10.2 Å². The van der Waals surface area contributed by atoms with E-state index in [0.29, 0.717) is 19.5 Å². The van der Waals surface area contributed by atoms with Gasteiger partial charge in [-0.15, -0.1) is 0 Å². The lowest BCUT2D eigenvalue weighted by Gasteiger charge is -2.36. The van der Waals surface area contributed by atoms with Crippen LogP contribution in [0.2, 0.25) is 0 Å². The highest BCUT2D eigenvalue weighted by Crippen LogP contribution is 2.29. The molecule has 1 aromatic rings. The summed E-state index contributed by atoms with van der Waals surface area (Å²) in [7, 11) is -1.04. The van der Waals surface area contributed by atoms with Crippen LogP contribution < -0.4 is 5.73 Å². The minimum absolute atomic E-state index is 0.147. The molecular formula is C11H18N2O3S. The number of likely N-dealkylation sites (N-methyl/N-ethyl adjacent to an activating group) is 1. The molecule has 0 aromatic carbocycles. The minimum Gasteiger partial charge on any atom is -0.468 e. The molecule has 1 aliphatic rings. The van der Waals surface area contributed by atoms with Gasteiger partial charge in [0, 0.05) is 12.1 Å². The van der Waals surface area contributed by atoms with Crippen molar-refractivity contribution in [2.45, 2.75) is 18.5 Å². The molecule has 0 spiro atoms. The maximum atomic E-state index is 11.6. The number of furan rings is 1. The zero-order valence-electron chi connectivity index (χ0n) is 9.93. The van der Waals surface area contributed by atoms with Gasteiger partial charge in [0.1, 0.15) is 5.76 Å². The predicted molar refractivity (Wildman–Crippen MR) is 65.2 cm³/mol. The second-order valence-electron chi connectivity index (χ2n) is 4.71. The summed E-state index contributed by atoms with van der Waals surface area (Å²) in [5.74, 6) is 1.20. The van der Waals surface area contributed by atoms with Crippen LogP contribution in [0.3, 0.4) is 0 Å². The van der Waals surface area contributed by atoms with Crippen LogP contribution in [-0.4, -0.2) is 44.0 Å². The van der Waals surface area contributed by atoms with E-state index in [9.17, 15) is 8.42 Å². The fraction of sp³-hybridized carbons (Fsp3) is 0.636. The first-order valence-electron chi connectivity index (χ1n) is 5.62. The maximum absolute atomic E-state index is 11.6. The monoisotopic (exact) mass is 258 g/mol. The van der Waals surface area contributed by atoms with Crippen LogP contribution in [0.1, 0.15) is 12.2 Å². The van der Waals surface area contributed by atoms with Crippen LogP contribution in [0, 0.1) is 0 Å². The zero-order valence-corrected chi connectivity index (χ0v) is 10.7.